The quantitative estimate of drug-likeness (QED) is 0.795. The molecule has 2 aliphatic heterocycles. The number of hydrogen-bond donors (Lipinski definition) is 0. The van der Waals surface area contributed by atoms with Gasteiger partial charge in [-0.15, -0.1) is 0 Å². The van der Waals surface area contributed by atoms with Crippen LogP contribution in [0.4, 0.5) is 0 Å². The molecule has 1 aromatic carbocycles. The Hall–Kier alpha value is -1.19. The number of carbonyl (C=O) groups excluding carboxylic acids is 1. The van der Waals surface area contributed by atoms with Crippen molar-refractivity contribution in [1.29, 1.82) is 0 Å². The molecule has 2 fully saturated rings. The molecule has 0 bridgehead atoms. The Morgan fingerprint density at radius 3 is 2.80 bits per heavy atom. The Morgan fingerprint density at radius 2 is 2.10 bits per heavy atom. The monoisotopic (exact) mass is 274 g/mol. The molecule has 3 nitrogen and oxygen atoms in total. The molecule has 1 spiro atoms. The number of hydrogen-bond acceptors (Lipinski definition) is 3. The van der Waals surface area contributed by atoms with Crippen molar-refractivity contribution in [3.05, 3.63) is 35.9 Å². The summed E-state index contributed by atoms with van der Waals surface area (Å²) < 4.78 is 11.5. The van der Waals surface area contributed by atoms with Crippen molar-refractivity contribution in [1.82, 2.24) is 0 Å². The smallest absolute Gasteiger partial charge is 0.165 e. The molecule has 0 amide bonds. The first-order valence-corrected chi connectivity index (χ1v) is 7.51. The van der Waals surface area contributed by atoms with Crippen LogP contribution in [0.5, 0.6) is 0 Å². The van der Waals surface area contributed by atoms with Gasteiger partial charge in [0.1, 0.15) is 0 Å². The van der Waals surface area contributed by atoms with Gasteiger partial charge >= 0.3 is 0 Å². The second kappa shape index (κ2) is 5.66. The maximum atomic E-state index is 12.6. The fourth-order valence-corrected chi connectivity index (χ4v) is 3.44. The highest BCUT2D eigenvalue weighted by molar-refractivity contribution is 5.97. The zero-order chi connectivity index (χ0) is 14.0. The van der Waals surface area contributed by atoms with E-state index in [4.69, 9.17) is 9.47 Å². The zero-order valence-corrected chi connectivity index (χ0v) is 12.0. The molecule has 1 aromatic rings. The predicted octanol–water partition coefficient (Wildman–Crippen LogP) is 3.09. The van der Waals surface area contributed by atoms with E-state index >= 15 is 0 Å². The summed E-state index contributed by atoms with van der Waals surface area (Å²) in [5.41, 5.74) is 0.706. The molecule has 3 rings (SSSR count). The number of benzene rings is 1. The molecule has 3 unspecified atom stereocenters. The molecule has 2 aliphatic rings. The molecule has 3 heteroatoms. The Balaban J connectivity index is 1.70. The molecular formula is C17H22O3. The Kier molecular flexibility index (Phi) is 3.90. The highest BCUT2D eigenvalue weighted by Gasteiger charge is 2.43. The average molecular weight is 274 g/mol. The number of rotatable bonds is 3. The lowest BCUT2D eigenvalue weighted by molar-refractivity contribution is -0.103. The van der Waals surface area contributed by atoms with Crippen LogP contribution in [0.3, 0.4) is 0 Å². The molecule has 0 aliphatic carbocycles. The molecule has 2 saturated heterocycles. The van der Waals surface area contributed by atoms with Crippen molar-refractivity contribution >= 4 is 5.78 Å². The molecule has 3 atom stereocenters. The number of ketones is 1. The van der Waals surface area contributed by atoms with Crippen LogP contribution >= 0.6 is 0 Å². The van der Waals surface area contributed by atoms with E-state index in [1.54, 1.807) is 0 Å². The fraction of sp³-hybridized carbons (Fsp3) is 0.588. The molecular weight excluding hydrogens is 252 g/mol. The maximum absolute atomic E-state index is 12.6. The lowest BCUT2D eigenvalue weighted by Gasteiger charge is -2.39. The van der Waals surface area contributed by atoms with Crippen LogP contribution in [-0.4, -0.2) is 31.2 Å². The standard InChI is InChI=1S/C17H22O3/c1-13(16(18)14-5-3-2-4-6-14)15-7-9-20-17(11-15)8-10-19-12-17/h2-6,13,15H,7-12H2,1H3. The van der Waals surface area contributed by atoms with E-state index < -0.39 is 0 Å². The van der Waals surface area contributed by atoms with Crippen LogP contribution in [0, 0.1) is 11.8 Å². The zero-order valence-electron chi connectivity index (χ0n) is 12.0. The van der Waals surface area contributed by atoms with Gasteiger partial charge in [-0.05, 0) is 18.8 Å². The van der Waals surface area contributed by atoms with Gasteiger partial charge in [0.2, 0.25) is 0 Å². The summed E-state index contributed by atoms with van der Waals surface area (Å²) in [4.78, 5) is 12.6. The van der Waals surface area contributed by atoms with Crippen LogP contribution in [0.15, 0.2) is 30.3 Å². The van der Waals surface area contributed by atoms with Gasteiger partial charge in [-0.1, -0.05) is 37.3 Å². The van der Waals surface area contributed by atoms with Crippen molar-refractivity contribution < 1.29 is 14.3 Å². The lowest BCUT2D eigenvalue weighted by atomic mass is 9.76. The van der Waals surface area contributed by atoms with E-state index in [1.807, 2.05) is 30.3 Å². The minimum Gasteiger partial charge on any atom is -0.378 e. The first kappa shape index (κ1) is 13.8. The van der Waals surface area contributed by atoms with Crippen molar-refractivity contribution in [3.63, 3.8) is 0 Å². The molecule has 0 aromatic heterocycles. The van der Waals surface area contributed by atoms with Gasteiger partial charge in [-0.2, -0.15) is 0 Å². The van der Waals surface area contributed by atoms with Gasteiger partial charge in [0.25, 0.3) is 0 Å². The van der Waals surface area contributed by atoms with Crippen molar-refractivity contribution in [3.8, 4) is 0 Å². The molecule has 0 radical (unpaired) electrons. The van der Waals surface area contributed by atoms with Crippen molar-refractivity contribution in [2.24, 2.45) is 11.8 Å². The number of Topliss-reactive ketones (excluding diaryl/α,β-unsaturated/α-hetero) is 1. The highest BCUT2D eigenvalue weighted by Crippen LogP contribution is 2.39. The molecule has 108 valence electrons. The Bertz CT molecular complexity index is 462. The van der Waals surface area contributed by atoms with Gasteiger partial charge in [0, 0.05) is 31.1 Å². The first-order valence-electron chi connectivity index (χ1n) is 7.51. The third kappa shape index (κ3) is 2.65. The van der Waals surface area contributed by atoms with E-state index in [0.717, 1.165) is 38.0 Å². The van der Waals surface area contributed by atoms with Crippen molar-refractivity contribution in [2.45, 2.75) is 31.8 Å². The molecule has 0 N–H and O–H groups in total. The Labute approximate surface area is 120 Å². The largest absolute Gasteiger partial charge is 0.378 e. The number of carbonyl (C=O) groups is 1. The highest BCUT2D eigenvalue weighted by atomic mass is 16.6. The van der Waals surface area contributed by atoms with E-state index in [2.05, 4.69) is 6.92 Å². The van der Waals surface area contributed by atoms with Crippen LogP contribution in [0.25, 0.3) is 0 Å². The van der Waals surface area contributed by atoms with Gasteiger partial charge in [0.15, 0.2) is 5.78 Å². The molecule has 2 heterocycles. The predicted molar refractivity (Wildman–Crippen MR) is 76.8 cm³/mol. The third-order valence-corrected chi connectivity index (χ3v) is 4.78. The average Bonchev–Trinajstić information content (AvgIpc) is 2.94. The minimum atomic E-state index is -0.117. The third-order valence-electron chi connectivity index (χ3n) is 4.78. The fourth-order valence-electron chi connectivity index (χ4n) is 3.44. The second-order valence-corrected chi connectivity index (χ2v) is 6.11. The summed E-state index contributed by atoms with van der Waals surface area (Å²) in [7, 11) is 0. The summed E-state index contributed by atoms with van der Waals surface area (Å²) in [5, 5.41) is 0. The Morgan fingerprint density at radius 1 is 1.30 bits per heavy atom. The van der Waals surface area contributed by atoms with Crippen LogP contribution in [0.2, 0.25) is 0 Å². The maximum Gasteiger partial charge on any atom is 0.165 e. The summed E-state index contributed by atoms with van der Waals surface area (Å²) in [6.45, 7) is 4.29. The molecule has 0 saturated carbocycles. The van der Waals surface area contributed by atoms with E-state index in [1.165, 1.54) is 0 Å². The van der Waals surface area contributed by atoms with Crippen LogP contribution in [-0.2, 0) is 9.47 Å². The minimum absolute atomic E-state index is 0.0544. The summed E-state index contributed by atoms with van der Waals surface area (Å²) in [6, 6.07) is 9.62. The summed E-state index contributed by atoms with van der Waals surface area (Å²) >= 11 is 0. The van der Waals surface area contributed by atoms with Gasteiger partial charge in [-0.3, -0.25) is 4.79 Å². The summed E-state index contributed by atoms with van der Waals surface area (Å²) in [5.74, 6) is 0.712. The van der Waals surface area contributed by atoms with Gasteiger partial charge in [0.05, 0.1) is 12.2 Å². The van der Waals surface area contributed by atoms with Crippen LogP contribution < -0.4 is 0 Å². The van der Waals surface area contributed by atoms with E-state index in [-0.39, 0.29) is 17.3 Å². The van der Waals surface area contributed by atoms with Crippen LogP contribution in [0.1, 0.15) is 36.5 Å². The van der Waals surface area contributed by atoms with E-state index in [9.17, 15) is 4.79 Å². The van der Waals surface area contributed by atoms with E-state index in [0.29, 0.717) is 12.5 Å². The van der Waals surface area contributed by atoms with Gasteiger partial charge < -0.3 is 9.47 Å². The first-order chi connectivity index (χ1) is 9.70. The summed E-state index contributed by atoms with van der Waals surface area (Å²) in [6.07, 6.45) is 2.89. The second-order valence-electron chi connectivity index (χ2n) is 6.11. The van der Waals surface area contributed by atoms with Crippen molar-refractivity contribution in [2.75, 3.05) is 19.8 Å². The lowest BCUT2D eigenvalue weighted by Crippen LogP contribution is -2.43. The topological polar surface area (TPSA) is 35.5 Å². The SMILES string of the molecule is CC(C(=O)c1ccccc1)C1CCOC2(CCOC2)C1. The normalized spacial score (nSPS) is 31.4. The number of ether oxygens (including phenoxy) is 2. The van der Waals surface area contributed by atoms with Gasteiger partial charge in [-0.25, -0.2) is 0 Å². The molecule has 20 heavy (non-hydrogen) atoms.